The zero-order valence-electron chi connectivity index (χ0n) is 8.75. The summed E-state index contributed by atoms with van der Waals surface area (Å²) in [5, 5.41) is 6.63. The first-order chi connectivity index (χ1) is 6.88. The third kappa shape index (κ3) is 2.98. The van der Waals surface area contributed by atoms with E-state index >= 15 is 0 Å². The fraction of sp³-hybridized carbons (Fsp3) is 0.727. The Kier molecular flexibility index (Phi) is 3.40. The van der Waals surface area contributed by atoms with E-state index in [0.29, 0.717) is 0 Å². The molecule has 1 aromatic heterocycles. The van der Waals surface area contributed by atoms with Crippen LogP contribution in [-0.4, -0.2) is 11.5 Å². The molecular formula is C11H18N2S. The van der Waals surface area contributed by atoms with Gasteiger partial charge in [-0.25, -0.2) is 4.98 Å². The van der Waals surface area contributed by atoms with Crippen LogP contribution < -0.4 is 5.32 Å². The SMILES string of the molecule is CCc1csc(NCCCC2CC2)n1. The van der Waals surface area contributed by atoms with E-state index in [4.69, 9.17) is 0 Å². The van der Waals surface area contributed by atoms with Crippen molar-refractivity contribution in [1.82, 2.24) is 4.98 Å². The summed E-state index contributed by atoms with van der Waals surface area (Å²) in [7, 11) is 0. The van der Waals surface area contributed by atoms with E-state index < -0.39 is 0 Å². The van der Waals surface area contributed by atoms with Crippen molar-refractivity contribution in [2.75, 3.05) is 11.9 Å². The van der Waals surface area contributed by atoms with Crippen LogP contribution in [0, 0.1) is 5.92 Å². The summed E-state index contributed by atoms with van der Waals surface area (Å²) >= 11 is 1.73. The molecule has 0 radical (unpaired) electrons. The topological polar surface area (TPSA) is 24.9 Å². The summed E-state index contributed by atoms with van der Waals surface area (Å²) in [5.74, 6) is 1.05. The standard InChI is InChI=1S/C11H18N2S/c1-2-10-8-14-11(13-10)12-7-3-4-9-5-6-9/h8-9H,2-7H2,1H3,(H,12,13). The van der Waals surface area contributed by atoms with Crippen LogP contribution in [-0.2, 0) is 6.42 Å². The Bertz CT molecular complexity index is 279. The van der Waals surface area contributed by atoms with Gasteiger partial charge in [0, 0.05) is 11.9 Å². The lowest BCUT2D eigenvalue weighted by atomic mass is 10.2. The Morgan fingerprint density at radius 1 is 1.57 bits per heavy atom. The molecule has 1 fully saturated rings. The van der Waals surface area contributed by atoms with Crippen molar-refractivity contribution in [3.63, 3.8) is 0 Å². The molecule has 1 aliphatic rings. The predicted octanol–water partition coefficient (Wildman–Crippen LogP) is 3.31. The van der Waals surface area contributed by atoms with Crippen LogP contribution in [0.25, 0.3) is 0 Å². The van der Waals surface area contributed by atoms with Crippen LogP contribution >= 0.6 is 11.3 Å². The van der Waals surface area contributed by atoms with Gasteiger partial charge in [-0.3, -0.25) is 0 Å². The molecule has 78 valence electrons. The summed E-state index contributed by atoms with van der Waals surface area (Å²) in [5.41, 5.74) is 1.21. The van der Waals surface area contributed by atoms with E-state index in [1.165, 1.54) is 31.4 Å². The number of hydrogen-bond acceptors (Lipinski definition) is 3. The normalized spacial score (nSPS) is 15.8. The number of thiazole rings is 1. The van der Waals surface area contributed by atoms with Crippen LogP contribution in [0.4, 0.5) is 5.13 Å². The van der Waals surface area contributed by atoms with Crippen LogP contribution in [0.2, 0.25) is 0 Å². The number of nitrogens with zero attached hydrogens (tertiary/aromatic N) is 1. The second-order valence-electron chi connectivity index (χ2n) is 4.01. The average Bonchev–Trinajstić information content (AvgIpc) is 2.91. The van der Waals surface area contributed by atoms with Gasteiger partial charge in [-0.05, 0) is 25.2 Å². The van der Waals surface area contributed by atoms with Gasteiger partial charge in [-0.15, -0.1) is 11.3 Å². The molecule has 0 saturated heterocycles. The number of aryl methyl sites for hydroxylation is 1. The van der Waals surface area contributed by atoms with E-state index in [-0.39, 0.29) is 0 Å². The van der Waals surface area contributed by atoms with Gasteiger partial charge in [0.25, 0.3) is 0 Å². The molecule has 1 heterocycles. The zero-order valence-corrected chi connectivity index (χ0v) is 9.57. The van der Waals surface area contributed by atoms with E-state index in [1.807, 2.05) is 0 Å². The molecule has 2 nitrogen and oxygen atoms in total. The molecule has 0 unspecified atom stereocenters. The van der Waals surface area contributed by atoms with Gasteiger partial charge in [-0.2, -0.15) is 0 Å². The van der Waals surface area contributed by atoms with Crippen LogP contribution in [0.3, 0.4) is 0 Å². The van der Waals surface area contributed by atoms with Crippen molar-refractivity contribution in [2.24, 2.45) is 5.92 Å². The molecule has 1 N–H and O–H groups in total. The Labute approximate surface area is 89.8 Å². The van der Waals surface area contributed by atoms with Gasteiger partial charge in [0.2, 0.25) is 0 Å². The van der Waals surface area contributed by atoms with Gasteiger partial charge in [0.05, 0.1) is 5.69 Å². The van der Waals surface area contributed by atoms with Crippen molar-refractivity contribution in [2.45, 2.75) is 39.0 Å². The Morgan fingerprint density at radius 3 is 3.07 bits per heavy atom. The average molecular weight is 210 g/mol. The van der Waals surface area contributed by atoms with Gasteiger partial charge < -0.3 is 5.32 Å². The van der Waals surface area contributed by atoms with E-state index in [1.54, 1.807) is 11.3 Å². The van der Waals surface area contributed by atoms with E-state index in [2.05, 4.69) is 22.6 Å². The second-order valence-corrected chi connectivity index (χ2v) is 4.87. The molecule has 1 saturated carbocycles. The van der Waals surface area contributed by atoms with E-state index in [0.717, 1.165) is 24.0 Å². The summed E-state index contributed by atoms with van der Waals surface area (Å²) < 4.78 is 0. The smallest absolute Gasteiger partial charge is 0.182 e. The minimum absolute atomic E-state index is 1.04. The van der Waals surface area contributed by atoms with Crippen molar-refractivity contribution in [1.29, 1.82) is 0 Å². The minimum Gasteiger partial charge on any atom is -0.362 e. The molecule has 0 amide bonds. The van der Waals surface area contributed by atoms with Crippen molar-refractivity contribution < 1.29 is 0 Å². The zero-order chi connectivity index (χ0) is 9.80. The summed E-state index contributed by atoms with van der Waals surface area (Å²) in [6.45, 7) is 3.24. The highest BCUT2D eigenvalue weighted by Gasteiger charge is 2.19. The molecule has 0 bridgehead atoms. The summed E-state index contributed by atoms with van der Waals surface area (Å²) in [6.07, 6.45) is 6.68. The lowest BCUT2D eigenvalue weighted by Gasteiger charge is -2.00. The molecule has 14 heavy (non-hydrogen) atoms. The summed E-state index contributed by atoms with van der Waals surface area (Å²) in [4.78, 5) is 4.47. The van der Waals surface area contributed by atoms with Crippen LogP contribution in [0.1, 0.15) is 38.3 Å². The van der Waals surface area contributed by atoms with Gasteiger partial charge in [0.15, 0.2) is 5.13 Å². The maximum Gasteiger partial charge on any atom is 0.182 e. The monoisotopic (exact) mass is 210 g/mol. The van der Waals surface area contributed by atoms with Crippen LogP contribution in [0.15, 0.2) is 5.38 Å². The first-order valence-corrected chi connectivity index (χ1v) is 6.44. The third-order valence-electron chi connectivity index (χ3n) is 2.68. The second kappa shape index (κ2) is 4.78. The third-order valence-corrected chi connectivity index (χ3v) is 3.53. The number of rotatable bonds is 6. The largest absolute Gasteiger partial charge is 0.362 e. The minimum atomic E-state index is 1.04. The quantitative estimate of drug-likeness (QED) is 0.729. The maximum atomic E-state index is 4.47. The molecule has 0 aliphatic heterocycles. The van der Waals surface area contributed by atoms with Crippen molar-refractivity contribution in [3.8, 4) is 0 Å². The number of hydrogen-bond donors (Lipinski definition) is 1. The molecule has 0 atom stereocenters. The number of aromatic nitrogens is 1. The number of anilines is 1. The molecule has 1 aromatic rings. The van der Waals surface area contributed by atoms with Gasteiger partial charge in [-0.1, -0.05) is 19.8 Å². The highest BCUT2D eigenvalue weighted by atomic mass is 32.1. The Morgan fingerprint density at radius 2 is 2.43 bits per heavy atom. The fourth-order valence-corrected chi connectivity index (χ4v) is 2.37. The maximum absolute atomic E-state index is 4.47. The van der Waals surface area contributed by atoms with Crippen molar-refractivity contribution >= 4 is 16.5 Å². The van der Waals surface area contributed by atoms with Crippen molar-refractivity contribution in [3.05, 3.63) is 11.1 Å². The Hall–Kier alpha value is -0.570. The fourth-order valence-electron chi connectivity index (χ4n) is 1.54. The summed E-state index contributed by atoms with van der Waals surface area (Å²) in [6, 6.07) is 0. The number of nitrogens with one attached hydrogen (secondary N) is 1. The molecule has 3 heteroatoms. The molecule has 0 spiro atoms. The molecule has 1 aliphatic carbocycles. The highest BCUT2D eigenvalue weighted by Crippen LogP contribution is 2.33. The van der Waals surface area contributed by atoms with Gasteiger partial charge >= 0.3 is 0 Å². The lowest BCUT2D eigenvalue weighted by Crippen LogP contribution is -2.01. The molecule has 2 rings (SSSR count). The first kappa shape index (κ1) is 9.97. The highest BCUT2D eigenvalue weighted by molar-refractivity contribution is 7.13. The first-order valence-electron chi connectivity index (χ1n) is 5.56. The Balaban J connectivity index is 1.63. The van der Waals surface area contributed by atoms with E-state index in [9.17, 15) is 0 Å². The van der Waals surface area contributed by atoms with Crippen LogP contribution in [0.5, 0.6) is 0 Å². The molecule has 0 aromatic carbocycles. The van der Waals surface area contributed by atoms with Gasteiger partial charge in [0.1, 0.15) is 0 Å². The lowest BCUT2D eigenvalue weighted by molar-refractivity contribution is 0.687. The predicted molar refractivity (Wildman–Crippen MR) is 61.9 cm³/mol. The molecular weight excluding hydrogens is 192 g/mol.